The van der Waals surface area contributed by atoms with E-state index < -0.39 is 0 Å². The summed E-state index contributed by atoms with van der Waals surface area (Å²) in [6.07, 6.45) is 8.55. The highest BCUT2D eigenvalue weighted by atomic mass is 16.3. The normalized spacial score (nSPS) is 20.3. The van der Waals surface area contributed by atoms with Gasteiger partial charge >= 0.3 is 6.03 Å². The van der Waals surface area contributed by atoms with Crippen LogP contribution >= 0.6 is 0 Å². The third kappa shape index (κ3) is 2.24. The molecule has 0 radical (unpaired) electrons. The summed E-state index contributed by atoms with van der Waals surface area (Å²) in [5.41, 5.74) is 0. The summed E-state index contributed by atoms with van der Waals surface area (Å²) >= 11 is 0. The molecule has 1 unspecified atom stereocenters. The maximum absolute atomic E-state index is 12.1. The number of amides is 1. The molecule has 0 saturated carbocycles. The Hall–Kier alpha value is -1.36. The Balaban J connectivity index is 1.99. The van der Waals surface area contributed by atoms with Crippen molar-refractivity contribution in [1.29, 1.82) is 0 Å². The van der Waals surface area contributed by atoms with Gasteiger partial charge in [0.15, 0.2) is 0 Å². The van der Waals surface area contributed by atoms with Gasteiger partial charge in [-0.05, 0) is 25.7 Å². The second-order valence-electron chi connectivity index (χ2n) is 4.11. The van der Waals surface area contributed by atoms with Crippen molar-refractivity contribution >= 4 is 6.03 Å². The number of aliphatic hydroxyl groups is 1. The van der Waals surface area contributed by atoms with Crippen LogP contribution in [0.2, 0.25) is 0 Å². The molecule has 2 rings (SSSR count). The highest BCUT2D eigenvalue weighted by molar-refractivity contribution is 5.77. The van der Waals surface area contributed by atoms with Crippen molar-refractivity contribution < 1.29 is 9.90 Å². The molecule has 5 heteroatoms. The second kappa shape index (κ2) is 5.12. The van der Waals surface area contributed by atoms with E-state index in [1.165, 1.54) is 10.9 Å². The summed E-state index contributed by atoms with van der Waals surface area (Å²) in [7, 11) is 0. The minimum absolute atomic E-state index is 0.00191. The van der Waals surface area contributed by atoms with Crippen LogP contribution in [0.15, 0.2) is 18.7 Å². The van der Waals surface area contributed by atoms with Gasteiger partial charge in [-0.3, -0.25) is 4.57 Å². The molecular formula is C11H17N3O2. The number of hydrogen-bond donors (Lipinski definition) is 1. The first-order valence-electron chi connectivity index (χ1n) is 5.72. The van der Waals surface area contributed by atoms with E-state index in [2.05, 4.69) is 4.98 Å². The molecule has 16 heavy (non-hydrogen) atoms. The van der Waals surface area contributed by atoms with Gasteiger partial charge < -0.3 is 10.0 Å². The maximum Gasteiger partial charge on any atom is 0.329 e. The van der Waals surface area contributed by atoms with E-state index in [0.717, 1.165) is 32.2 Å². The summed E-state index contributed by atoms with van der Waals surface area (Å²) in [6, 6.07) is 0.278. The number of imidazole rings is 1. The third-order valence-corrected chi connectivity index (χ3v) is 3.04. The van der Waals surface area contributed by atoms with Crippen molar-refractivity contribution in [3.05, 3.63) is 18.7 Å². The first-order valence-corrected chi connectivity index (χ1v) is 5.72. The molecule has 0 bridgehead atoms. The fourth-order valence-electron chi connectivity index (χ4n) is 2.24. The zero-order valence-electron chi connectivity index (χ0n) is 9.25. The minimum Gasteiger partial charge on any atom is -0.396 e. The lowest BCUT2D eigenvalue weighted by Crippen LogP contribution is -2.38. The molecule has 0 aromatic carbocycles. The summed E-state index contributed by atoms with van der Waals surface area (Å²) < 4.78 is 1.51. The summed E-state index contributed by atoms with van der Waals surface area (Å²) in [6.45, 7) is 1.01. The zero-order chi connectivity index (χ0) is 11.4. The van der Waals surface area contributed by atoms with Crippen LogP contribution in [-0.2, 0) is 0 Å². The van der Waals surface area contributed by atoms with Gasteiger partial charge in [-0.25, -0.2) is 9.78 Å². The van der Waals surface area contributed by atoms with Gasteiger partial charge in [-0.2, -0.15) is 0 Å². The number of hydrogen-bond acceptors (Lipinski definition) is 3. The van der Waals surface area contributed by atoms with E-state index in [1.54, 1.807) is 12.4 Å². The van der Waals surface area contributed by atoms with Crippen LogP contribution in [-0.4, -0.2) is 44.8 Å². The largest absolute Gasteiger partial charge is 0.396 e. The molecule has 88 valence electrons. The number of aromatic nitrogens is 2. The van der Waals surface area contributed by atoms with Crippen LogP contribution in [0.1, 0.15) is 25.7 Å². The number of aliphatic hydroxyl groups excluding tert-OH is 1. The van der Waals surface area contributed by atoms with Crippen LogP contribution in [0.3, 0.4) is 0 Å². The van der Waals surface area contributed by atoms with Crippen LogP contribution < -0.4 is 0 Å². The van der Waals surface area contributed by atoms with E-state index in [9.17, 15) is 4.79 Å². The molecule has 5 nitrogen and oxygen atoms in total. The van der Waals surface area contributed by atoms with Gasteiger partial charge in [0.05, 0.1) is 0 Å². The SMILES string of the molecule is O=C(N1CCCC1CCCO)n1ccnc1. The molecule has 1 atom stereocenters. The topological polar surface area (TPSA) is 58.4 Å². The predicted octanol–water partition coefficient (Wildman–Crippen LogP) is 1.09. The standard InChI is InChI=1S/C11H17N3O2/c15-8-2-4-10-3-1-6-14(10)11(16)13-7-5-12-9-13/h5,7,9-10,15H,1-4,6,8H2. The van der Waals surface area contributed by atoms with Crippen molar-refractivity contribution in [3.63, 3.8) is 0 Å². The Bertz CT molecular complexity index is 337. The lowest BCUT2D eigenvalue weighted by Gasteiger charge is -2.24. The van der Waals surface area contributed by atoms with E-state index in [4.69, 9.17) is 5.11 Å². The Morgan fingerprint density at radius 2 is 2.44 bits per heavy atom. The monoisotopic (exact) mass is 223 g/mol. The molecule has 1 aliphatic heterocycles. The van der Waals surface area contributed by atoms with E-state index in [0.29, 0.717) is 0 Å². The minimum atomic E-state index is -0.00191. The Labute approximate surface area is 94.7 Å². The lowest BCUT2D eigenvalue weighted by atomic mass is 10.1. The first kappa shape index (κ1) is 11.1. The van der Waals surface area contributed by atoms with Crippen molar-refractivity contribution in [3.8, 4) is 0 Å². The number of likely N-dealkylation sites (tertiary alicyclic amines) is 1. The highest BCUT2D eigenvalue weighted by Gasteiger charge is 2.28. The fraction of sp³-hybridized carbons (Fsp3) is 0.636. The van der Waals surface area contributed by atoms with Gasteiger partial charge in [0.25, 0.3) is 0 Å². The Morgan fingerprint density at radius 3 is 3.12 bits per heavy atom. The number of carbonyl (C=O) groups excluding carboxylic acids is 1. The molecular weight excluding hydrogens is 206 g/mol. The molecule has 1 fully saturated rings. The second-order valence-corrected chi connectivity index (χ2v) is 4.11. The quantitative estimate of drug-likeness (QED) is 0.834. The molecule has 1 aromatic rings. The zero-order valence-corrected chi connectivity index (χ0v) is 9.25. The summed E-state index contributed by atoms with van der Waals surface area (Å²) in [5, 5.41) is 8.82. The first-order chi connectivity index (χ1) is 7.83. The molecule has 1 aromatic heterocycles. The van der Waals surface area contributed by atoms with Crippen molar-refractivity contribution in [2.75, 3.05) is 13.2 Å². The Kier molecular flexibility index (Phi) is 3.56. The van der Waals surface area contributed by atoms with Crippen molar-refractivity contribution in [2.24, 2.45) is 0 Å². The average molecular weight is 223 g/mol. The van der Waals surface area contributed by atoms with E-state index >= 15 is 0 Å². The van der Waals surface area contributed by atoms with Gasteiger partial charge in [0, 0.05) is 31.6 Å². The molecule has 1 aliphatic rings. The number of nitrogens with zero attached hydrogens (tertiary/aromatic N) is 3. The molecule has 2 heterocycles. The van der Waals surface area contributed by atoms with Crippen LogP contribution in [0.4, 0.5) is 4.79 Å². The molecule has 1 saturated heterocycles. The van der Waals surface area contributed by atoms with Gasteiger partial charge in [0.1, 0.15) is 6.33 Å². The maximum atomic E-state index is 12.1. The fourth-order valence-corrected chi connectivity index (χ4v) is 2.24. The number of rotatable bonds is 3. The van der Waals surface area contributed by atoms with Crippen molar-refractivity contribution in [2.45, 2.75) is 31.7 Å². The van der Waals surface area contributed by atoms with Crippen LogP contribution in [0, 0.1) is 0 Å². The summed E-state index contributed by atoms with van der Waals surface area (Å²) in [5.74, 6) is 0. The summed E-state index contributed by atoms with van der Waals surface area (Å²) in [4.78, 5) is 17.8. The Morgan fingerprint density at radius 1 is 1.56 bits per heavy atom. The average Bonchev–Trinajstić information content (AvgIpc) is 2.96. The van der Waals surface area contributed by atoms with Gasteiger partial charge in [-0.15, -0.1) is 0 Å². The van der Waals surface area contributed by atoms with E-state index in [1.807, 2.05) is 4.90 Å². The smallest absolute Gasteiger partial charge is 0.329 e. The molecule has 1 N–H and O–H groups in total. The highest BCUT2D eigenvalue weighted by Crippen LogP contribution is 2.22. The lowest BCUT2D eigenvalue weighted by molar-refractivity contribution is 0.186. The van der Waals surface area contributed by atoms with E-state index in [-0.39, 0.29) is 18.7 Å². The molecule has 0 aliphatic carbocycles. The van der Waals surface area contributed by atoms with Crippen molar-refractivity contribution in [1.82, 2.24) is 14.5 Å². The molecule has 1 amide bonds. The van der Waals surface area contributed by atoms with Crippen LogP contribution in [0.5, 0.6) is 0 Å². The van der Waals surface area contributed by atoms with Crippen LogP contribution in [0.25, 0.3) is 0 Å². The van der Waals surface area contributed by atoms with Gasteiger partial charge in [-0.1, -0.05) is 0 Å². The molecule has 0 spiro atoms. The third-order valence-electron chi connectivity index (χ3n) is 3.04. The van der Waals surface area contributed by atoms with Gasteiger partial charge in [0.2, 0.25) is 0 Å². The predicted molar refractivity (Wildman–Crippen MR) is 59.1 cm³/mol. The number of carbonyl (C=O) groups is 1.